The fraction of sp³-hybridized carbons (Fsp3) is 0.846. The van der Waals surface area contributed by atoms with E-state index in [9.17, 15) is 0 Å². The third kappa shape index (κ3) is 3.31. The minimum atomic E-state index is 0. The van der Waals surface area contributed by atoms with Gasteiger partial charge in [0.2, 0.25) is 5.89 Å². The van der Waals surface area contributed by atoms with Gasteiger partial charge in [0.15, 0.2) is 5.82 Å². The molecule has 2 saturated heterocycles. The zero-order valence-corrected chi connectivity index (χ0v) is 13.0. The van der Waals surface area contributed by atoms with Crippen molar-refractivity contribution < 1.29 is 4.52 Å². The average molecular weight is 302 g/mol. The summed E-state index contributed by atoms with van der Waals surface area (Å²) in [6, 6.07) is 0.248. The molecule has 0 saturated carbocycles. The van der Waals surface area contributed by atoms with Gasteiger partial charge in [0, 0.05) is 25.6 Å². The van der Waals surface area contributed by atoms with Crippen LogP contribution in [0.4, 0.5) is 0 Å². The number of hydrogen-bond donors (Lipinski definition) is 1. The van der Waals surface area contributed by atoms with Crippen LogP contribution in [0.1, 0.15) is 36.5 Å². The highest BCUT2D eigenvalue weighted by molar-refractivity contribution is 5.85. The van der Waals surface area contributed by atoms with Crippen LogP contribution in [0.2, 0.25) is 0 Å². The number of nitrogens with one attached hydrogen (secondary N) is 1. The van der Waals surface area contributed by atoms with Crippen molar-refractivity contribution >= 4 is 12.4 Å². The molecule has 2 aliphatic heterocycles. The second kappa shape index (κ2) is 6.85. The fourth-order valence-electron chi connectivity index (χ4n) is 2.90. The van der Waals surface area contributed by atoms with Crippen molar-refractivity contribution in [3.63, 3.8) is 0 Å². The van der Waals surface area contributed by atoms with E-state index in [-0.39, 0.29) is 18.4 Å². The molecule has 1 unspecified atom stereocenters. The molecule has 20 heavy (non-hydrogen) atoms. The number of aromatic nitrogens is 2. The standard InChI is InChI=1S/C13H23N5O.ClH/c1-17-6-3-10(4-7-17)13-15-12(16-19-13)11-9-14-5-8-18(11)2;/h10-11,14H,3-9H2,1-2H3;1H. The number of halogens is 1. The highest BCUT2D eigenvalue weighted by Gasteiger charge is 2.28. The Bertz CT molecular complexity index is 419. The molecule has 6 nitrogen and oxygen atoms in total. The summed E-state index contributed by atoms with van der Waals surface area (Å²) in [6.45, 7) is 5.21. The predicted octanol–water partition coefficient (Wildman–Crippen LogP) is 0.877. The van der Waals surface area contributed by atoms with Crippen molar-refractivity contribution in [2.75, 3.05) is 46.8 Å². The molecule has 1 aromatic rings. The van der Waals surface area contributed by atoms with Gasteiger partial charge in [-0.15, -0.1) is 12.4 Å². The summed E-state index contributed by atoms with van der Waals surface area (Å²) in [6.07, 6.45) is 2.24. The maximum atomic E-state index is 5.51. The first-order valence-electron chi connectivity index (χ1n) is 7.17. The van der Waals surface area contributed by atoms with Crippen molar-refractivity contribution in [1.82, 2.24) is 25.3 Å². The lowest BCUT2D eigenvalue weighted by molar-refractivity contribution is 0.189. The molecule has 0 aromatic carbocycles. The van der Waals surface area contributed by atoms with E-state index in [0.717, 1.165) is 57.3 Å². The smallest absolute Gasteiger partial charge is 0.229 e. The first-order valence-corrected chi connectivity index (χ1v) is 7.17. The van der Waals surface area contributed by atoms with Crippen LogP contribution < -0.4 is 5.32 Å². The number of hydrogen-bond acceptors (Lipinski definition) is 6. The Morgan fingerprint density at radius 1 is 1.20 bits per heavy atom. The van der Waals surface area contributed by atoms with Crippen molar-refractivity contribution in [3.8, 4) is 0 Å². The van der Waals surface area contributed by atoms with Crippen LogP contribution in [-0.4, -0.2) is 66.8 Å². The van der Waals surface area contributed by atoms with E-state index in [1.54, 1.807) is 0 Å². The van der Waals surface area contributed by atoms with Crippen molar-refractivity contribution in [1.29, 1.82) is 0 Å². The van der Waals surface area contributed by atoms with Crippen molar-refractivity contribution in [3.05, 3.63) is 11.7 Å². The van der Waals surface area contributed by atoms with Gasteiger partial charge in [0.25, 0.3) is 0 Å². The highest BCUT2D eigenvalue weighted by Crippen LogP contribution is 2.27. The number of likely N-dealkylation sites (N-methyl/N-ethyl adjacent to an activating group) is 1. The molecule has 3 heterocycles. The van der Waals surface area contributed by atoms with E-state index in [4.69, 9.17) is 4.52 Å². The third-order valence-corrected chi connectivity index (χ3v) is 4.33. The highest BCUT2D eigenvalue weighted by atomic mass is 35.5. The molecule has 0 spiro atoms. The maximum Gasteiger partial charge on any atom is 0.229 e. The number of piperazine rings is 1. The van der Waals surface area contributed by atoms with Gasteiger partial charge in [-0.05, 0) is 40.0 Å². The van der Waals surface area contributed by atoms with E-state index >= 15 is 0 Å². The molecule has 3 rings (SSSR count). The Kier molecular flexibility index (Phi) is 5.37. The monoisotopic (exact) mass is 301 g/mol. The van der Waals surface area contributed by atoms with Crippen LogP contribution in [0.3, 0.4) is 0 Å². The van der Waals surface area contributed by atoms with E-state index in [0.29, 0.717) is 5.92 Å². The van der Waals surface area contributed by atoms with Crippen LogP contribution in [0.5, 0.6) is 0 Å². The molecule has 114 valence electrons. The Balaban J connectivity index is 0.00000147. The van der Waals surface area contributed by atoms with Gasteiger partial charge in [0.05, 0.1) is 6.04 Å². The lowest BCUT2D eigenvalue weighted by Crippen LogP contribution is -2.44. The summed E-state index contributed by atoms with van der Waals surface area (Å²) in [4.78, 5) is 9.30. The normalized spacial score (nSPS) is 26.4. The lowest BCUT2D eigenvalue weighted by atomic mass is 9.97. The Hall–Kier alpha value is -0.690. The van der Waals surface area contributed by atoms with Crippen molar-refractivity contribution in [2.45, 2.75) is 24.8 Å². The average Bonchev–Trinajstić information content (AvgIpc) is 2.89. The zero-order valence-electron chi connectivity index (χ0n) is 12.2. The lowest BCUT2D eigenvalue weighted by Gasteiger charge is -2.30. The summed E-state index contributed by atoms with van der Waals surface area (Å²) < 4.78 is 5.51. The minimum Gasteiger partial charge on any atom is -0.339 e. The summed E-state index contributed by atoms with van der Waals surface area (Å²) in [5, 5.41) is 7.59. The quantitative estimate of drug-likeness (QED) is 0.875. The molecular formula is C13H24ClN5O. The summed E-state index contributed by atoms with van der Waals surface area (Å²) in [7, 11) is 4.29. The van der Waals surface area contributed by atoms with Gasteiger partial charge < -0.3 is 14.7 Å². The number of rotatable bonds is 2. The van der Waals surface area contributed by atoms with E-state index in [1.165, 1.54) is 0 Å². The van der Waals surface area contributed by atoms with Gasteiger partial charge in [-0.3, -0.25) is 4.90 Å². The first kappa shape index (κ1) is 15.7. The Labute approximate surface area is 126 Å². The van der Waals surface area contributed by atoms with Crippen LogP contribution in [0, 0.1) is 0 Å². The van der Waals surface area contributed by atoms with E-state index < -0.39 is 0 Å². The Morgan fingerprint density at radius 2 is 1.95 bits per heavy atom. The van der Waals surface area contributed by atoms with Crippen LogP contribution >= 0.6 is 12.4 Å². The SMILES string of the molecule is CN1CCC(c2nc(C3CNCCN3C)no2)CC1.Cl. The molecule has 0 bridgehead atoms. The molecule has 1 aromatic heterocycles. The molecule has 0 aliphatic carbocycles. The van der Waals surface area contributed by atoms with Gasteiger partial charge in [0.1, 0.15) is 0 Å². The number of nitrogens with zero attached hydrogens (tertiary/aromatic N) is 4. The number of piperidine rings is 1. The number of likely N-dealkylation sites (tertiary alicyclic amines) is 1. The van der Waals surface area contributed by atoms with Gasteiger partial charge in [-0.25, -0.2) is 0 Å². The fourth-order valence-corrected chi connectivity index (χ4v) is 2.90. The van der Waals surface area contributed by atoms with Crippen LogP contribution in [0.25, 0.3) is 0 Å². The second-order valence-corrected chi connectivity index (χ2v) is 5.77. The molecule has 0 radical (unpaired) electrons. The maximum absolute atomic E-state index is 5.51. The van der Waals surface area contributed by atoms with Crippen LogP contribution in [0.15, 0.2) is 4.52 Å². The van der Waals surface area contributed by atoms with Gasteiger partial charge >= 0.3 is 0 Å². The molecular weight excluding hydrogens is 278 g/mol. The molecule has 0 amide bonds. The molecule has 1 N–H and O–H groups in total. The second-order valence-electron chi connectivity index (χ2n) is 5.77. The topological polar surface area (TPSA) is 57.4 Å². The predicted molar refractivity (Wildman–Crippen MR) is 79.3 cm³/mol. The van der Waals surface area contributed by atoms with E-state index in [1.807, 2.05) is 0 Å². The Morgan fingerprint density at radius 3 is 2.65 bits per heavy atom. The van der Waals surface area contributed by atoms with Gasteiger partial charge in [-0.1, -0.05) is 5.16 Å². The minimum absolute atomic E-state index is 0. The largest absolute Gasteiger partial charge is 0.339 e. The molecule has 2 aliphatic rings. The van der Waals surface area contributed by atoms with E-state index in [2.05, 4.69) is 39.4 Å². The summed E-state index contributed by atoms with van der Waals surface area (Å²) in [5.41, 5.74) is 0. The summed E-state index contributed by atoms with van der Waals surface area (Å²) in [5.74, 6) is 2.12. The van der Waals surface area contributed by atoms with Gasteiger partial charge in [-0.2, -0.15) is 4.98 Å². The summed E-state index contributed by atoms with van der Waals surface area (Å²) >= 11 is 0. The molecule has 1 atom stereocenters. The first-order chi connectivity index (χ1) is 9.24. The van der Waals surface area contributed by atoms with Crippen LogP contribution in [-0.2, 0) is 0 Å². The zero-order chi connectivity index (χ0) is 13.2. The van der Waals surface area contributed by atoms with Crippen molar-refractivity contribution in [2.24, 2.45) is 0 Å². The molecule has 2 fully saturated rings. The third-order valence-electron chi connectivity index (χ3n) is 4.33. The molecule has 7 heteroatoms.